The molecule has 0 N–H and O–H groups in total. The van der Waals surface area contributed by atoms with Gasteiger partial charge >= 0.3 is 53.3 Å². The Balaban J connectivity index is 3.37. The fourth-order valence-electron chi connectivity index (χ4n) is 3.35. The van der Waals surface area contributed by atoms with Gasteiger partial charge in [0.05, 0.1) is 0 Å². The molecule has 0 aromatic rings. The average Bonchev–Trinajstić information content (AvgIpc) is 2.54. The fraction of sp³-hybridized carbons (Fsp3) is 1.00. The van der Waals surface area contributed by atoms with E-state index < -0.39 is 64.6 Å². The fourth-order valence-corrected chi connectivity index (χ4v) is 3.35. The van der Waals surface area contributed by atoms with Crippen molar-refractivity contribution in [2.45, 2.75) is 64.6 Å². The Kier molecular flexibility index (Phi) is 4.35. The first-order chi connectivity index (χ1) is 13.0. The van der Waals surface area contributed by atoms with E-state index in [-0.39, 0.29) is 0 Å². The van der Waals surface area contributed by atoms with Crippen LogP contribution < -0.4 is 0 Å². The van der Waals surface area contributed by atoms with Gasteiger partial charge in [0.15, 0.2) is 0 Å². The topological polar surface area (TPSA) is 0 Å². The largest absolute Gasteiger partial charge is 0.432 e. The first kappa shape index (κ1) is 25.9. The highest BCUT2D eigenvalue weighted by molar-refractivity contribution is 5.45. The van der Waals surface area contributed by atoms with E-state index in [9.17, 15) is 87.8 Å². The van der Waals surface area contributed by atoms with Gasteiger partial charge < -0.3 is 0 Å². The van der Waals surface area contributed by atoms with Crippen molar-refractivity contribution in [1.82, 2.24) is 0 Å². The summed E-state index contributed by atoms with van der Waals surface area (Å²) in [5, 5.41) is 0. The average molecular weight is 512 g/mol. The standard InChI is InChI=1S/C11F20/c12-1-2(13,6(19,20)10(27,28)9(25,26)4(1,15)16)5(17,18)8(23,24)7(21,22)3(1,14)11(29,30)31/t1-,2+,3-/m0/s1. The van der Waals surface area contributed by atoms with Crippen LogP contribution in [-0.2, 0) is 0 Å². The molecule has 0 aromatic carbocycles. The minimum Gasteiger partial charge on any atom is -0.228 e. The minimum atomic E-state index is -9.16. The first-order valence-electron chi connectivity index (χ1n) is 6.78. The van der Waals surface area contributed by atoms with Crippen LogP contribution in [0.2, 0.25) is 0 Å². The van der Waals surface area contributed by atoms with Gasteiger partial charge in [0.2, 0.25) is 0 Å². The Labute approximate surface area is 154 Å². The molecule has 0 bridgehead atoms. The van der Waals surface area contributed by atoms with Gasteiger partial charge in [-0.25, -0.2) is 13.2 Å². The molecule has 0 unspecified atom stereocenters. The van der Waals surface area contributed by atoms with E-state index >= 15 is 0 Å². The summed E-state index contributed by atoms with van der Waals surface area (Å²) in [6, 6.07) is 0. The number of hydrogen-bond acceptors (Lipinski definition) is 0. The molecule has 2 saturated carbocycles. The predicted octanol–water partition coefficient (Wildman–Crippen LogP) is 6.15. The molecule has 0 heterocycles. The highest BCUT2D eigenvalue weighted by Gasteiger charge is 3.16. The summed E-state index contributed by atoms with van der Waals surface area (Å²) >= 11 is 0. The third-order valence-electron chi connectivity index (χ3n) is 5.04. The summed E-state index contributed by atoms with van der Waals surface area (Å²) in [7, 11) is 0. The summed E-state index contributed by atoms with van der Waals surface area (Å²) in [4.78, 5) is 0. The zero-order valence-electron chi connectivity index (χ0n) is 13.1. The second kappa shape index (κ2) is 5.22. The molecule has 0 amide bonds. The third-order valence-corrected chi connectivity index (χ3v) is 5.04. The highest BCUT2D eigenvalue weighted by atomic mass is 19.4. The molecule has 184 valence electrons. The lowest BCUT2D eigenvalue weighted by atomic mass is 9.50. The molecule has 0 radical (unpaired) electrons. The van der Waals surface area contributed by atoms with E-state index in [1.54, 1.807) is 0 Å². The maximum Gasteiger partial charge on any atom is 0.432 e. The number of rotatable bonds is 0. The van der Waals surface area contributed by atoms with Crippen molar-refractivity contribution >= 4 is 0 Å². The van der Waals surface area contributed by atoms with Gasteiger partial charge in [-0.1, -0.05) is 0 Å². The lowest BCUT2D eigenvalue weighted by molar-refractivity contribution is -0.564. The molecule has 2 aliphatic carbocycles. The maximum atomic E-state index is 14.6. The van der Waals surface area contributed by atoms with Crippen LogP contribution in [-0.4, -0.2) is 64.6 Å². The third kappa shape index (κ3) is 1.78. The molecule has 31 heavy (non-hydrogen) atoms. The van der Waals surface area contributed by atoms with Crippen LogP contribution in [0.3, 0.4) is 0 Å². The highest BCUT2D eigenvalue weighted by Crippen LogP contribution is 2.82. The van der Waals surface area contributed by atoms with Crippen LogP contribution in [0.15, 0.2) is 0 Å². The monoisotopic (exact) mass is 512 g/mol. The summed E-state index contributed by atoms with van der Waals surface area (Å²) in [5.74, 6) is -60.7. The van der Waals surface area contributed by atoms with Gasteiger partial charge in [0.25, 0.3) is 11.3 Å². The van der Waals surface area contributed by atoms with E-state index in [1.807, 2.05) is 0 Å². The van der Waals surface area contributed by atoms with E-state index in [2.05, 4.69) is 0 Å². The van der Waals surface area contributed by atoms with Crippen LogP contribution in [0.25, 0.3) is 0 Å². The molecule has 2 aliphatic rings. The molecule has 0 spiro atoms. The number of alkyl halides is 20. The molecule has 0 saturated heterocycles. The SMILES string of the molecule is FC1(F)C(F)(F)C(F)(F)[C@]2(F)[C@](F)(C1(F)F)C(F)(F)C(F)(F)C(F)(F)[C@]2(F)C(F)(F)F. The van der Waals surface area contributed by atoms with Crippen molar-refractivity contribution in [3.63, 3.8) is 0 Å². The van der Waals surface area contributed by atoms with Gasteiger partial charge in [0.1, 0.15) is 0 Å². The molecule has 2 rings (SSSR count). The van der Waals surface area contributed by atoms with Crippen LogP contribution in [0.5, 0.6) is 0 Å². The quantitative estimate of drug-likeness (QED) is 0.342. The van der Waals surface area contributed by atoms with Crippen molar-refractivity contribution in [3.8, 4) is 0 Å². The van der Waals surface area contributed by atoms with Crippen LogP contribution in [0, 0.1) is 0 Å². The van der Waals surface area contributed by atoms with Gasteiger partial charge in [0, 0.05) is 0 Å². The summed E-state index contributed by atoms with van der Waals surface area (Å²) < 4.78 is 270. The number of halogens is 20. The Morgan fingerprint density at radius 1 is 0.290 bits per heavy atom. The van der Waals surface area contributed by atoms with E-state index in [1.165, 1.54) is 0 Å². The molecule has 3 atom stereocenters. The Hall–Kier alpha value is -1.40. The molecule has 0 nitrogen and oxygen atoms in total. The van der Waals surface area contributed by atoms with Crippen LogP contribution in [0.1, 0.15) is 0 Å². The normalized spacial score (nSPS) is 43.7. The molecule has 20 heteroatoms. The van der Waals surface area contributed by atoms with Gasteiger partial charge in [-0.2, -0.15) is 74.6 Å². The van der Waals surface area contributed by atoms with Crippen LogP contribution in [0.4, 0.5) is 87.8 Å². The zero-order valence-corrected chi connectivity index (χ0v) is 13.1. The van der Waals surface area contributed by atoms with Crippen molar-refractivity contribution in [3.05, 3.63) is 0 Å². The number of fused-ring (bicyclic) bond motifs is 1. The van der Waals surface area contributed by atoms with Crippen molar-refractivity contribution in [1.29, 1.82) is 0 Å². The lowest BCUT2D eigenvalue weighted by Gasteiger charge is -2.65. The summed E-state index contributed by atoms with van der Waals surface area (Å²) in [5.41, 5.74) is -27.2. The van der Waals surface area contributed by atoms with Crippen molar-refractivity contribution in [2.75, 3.05) is 0 Å². The molecule has 2 fully saturated rings. The van der Waals surface area contributed by atoms with E-state index in [0.29, 0.717) is 0 Å². The van der Waals surface area contributed by atoms with Crippen LogP contribution >= 0.6 is 0 Å². The van der Waals surface area contributed by atoms with Crippen molar-refractivity contribution in [2.24, 2.45) is 0 Å². The molecular weight excluding hydrogens is 512 g/mol. The molecular formula is C11F20. The van der Waals surface area contributed by atoms with E-state index in [0.717, 1.165) is 0 Å². The van der Waals surface area contributed by atoms with Crippen molar-refractivity contribution < 1.29 is 87.8 Å². The Morgan fingerprint density at radius 2 is 0.516 bits per heavy atom. The number of hydrogen-bond donors (Lipinski definition) is 0. The van der Waals surface area contributed by atoms with Gasteiger partial charge in [-0.15, -0.1) is 0 Å². The predicted molar refractivity (Wildman–Crippen MR) is 52.2 cm³/mol. The smallest absolute Gasteiger partial charge is 0.228 e. The summed E-state index contributed by atoms with van der Waals surface area (Å²) in [6.07, 6.45) is -8.58. The molecule has 0 aromatic heterocycles. The molecule has 0 aliphatic heterocycles. The Bertz CT molecular complexity index is 779. The zero-order chi connectivity index (χ0) is 25.5. The summed E-state index contributed by atoms with van der Waals surface area (Å²) in [6.45, 7) is 0. The second-order valence-corrected chi connectivity index (χ2v) is 6.49. The van der Waals surface area contributed by atoms with Gasteiger partial charge in [-0.3, -0.25) is 0 Å². The van der Waals surface area contributed by atoms with Gasteiger partial charge in [-0.05, 0) is 0 Å². The first-order valence-corrected chi connectivity index (χ1v) is 6.78. The maximum absolute atomic E-state index is 14.6. The lowest BCUT2D eigenvalue weighted by Crippen LogP contribution is -3.00. The second-order valence-electron chi connectivity index (χ2n) is 6.49. The Morgan fingerprint density at radius 3 is 0.774 bits per heavy atom. The minimum absolute atomic E-state index is 8.45. The van der Waals surface area contributed by atoms with E-state index in [4.69, 9.17) is 0 Å².